The number of benzene rings is 1. The van der Waals surface area contributed by atoms with Crippen LogP contribution in [0.1, 0.15) is 47.9 Å². The fraction of sp³-hybridized carbons (Fsp3) is 0.484. The second-order valence-corrected chi connectivity index (χ2v) is 11.6. The quantitative estimate of drug-likeness (QED) is 0.360. The number of alkyl halides is 1. The van der Waals surface area contributed by atoms with Crippen molar-refractivity contribution in [1.29, 1.82) is 0 Å². The summed E-state index contributed by atoms with van der Waals surface area (Å²) in [4.78, 5) is 22.6. The summed E-state index contributed by atoms with van der Waals surface area (Å²) in [5.74, 6) is 6.18. The van der Waals surface area contributed by atoms with E-state index < -0.39 is 17.6 Å². The van der Waals surface area contributed by atoms with Gasteiger partial charge in [0, 0.05) is 49.9 Å². The molecule has 2 aromatic heterocycles. The van der Waals surface area contributed by atoms with E-state index in [-0.39, 0.29) is 12.8 Å². The number of hydrogen-bond acceptors (Lipinski definition) is 7. The van der Waals surface area contributed by atoms with E-state index >= 15 is 4.39 Å². The Bertz CT molecular complexity index is 1360. The molecule has 7 nitrogen and oxygen atoms in total. The molecule has 5 rings (SSSR count). The van der Waals surface area contributed by atoms with Gasteiger partial charge in [-0.1, -0.05) is 17.9 Å². The second kappa shape index (κ2) is 13.1. The number of aliphatic carboxylic acids is 1. The highest BCUT2D eigenvalue weighted by Crippen LogP contribution is 2.41. The van der Waals surface area contributed by atoms with Gasteiger partial charge in [-0.2, -0.15) is 0 Å². The van der Waals surface area contributed by atoms with Gasteiger partial charge < -0.3 is 14.6 Å². The zero-order valence-electron chi connectivity index (χ0n) is 22.9. The topological polar surface area (TPSA) is 75.1 Å². The largest absolute Gasteiger partial charge is 0.497 e. The average Bonchev–Trinajstić information content (AvgIpc) is 3.50. The van der Waals surface area contributed by atoms with Gasteiger partial charge in [-0.15, -0.1) is 11.3 Å². The van der Waals surface area contributed by atoms with Gasteiger partial charge in [0.1, 0.15) is 11.9 Å². The van der Waals surface area contributed by atoms with Crippen LogP contribution in [0.5, 0.6) is 5.75 Å². The van der Waals surface area contributed by atoms with Crippen LogP contribution in [0.2, 0.25) is 0 Å². The van der Waals surface area contributed by atoms with Crippen molar-refractivity contribution in [3.63, 3.8) is 0 Å². The molecule has 1 atom stereocenters. The summed E-state index contributed by atoms with van der Waals surface area (Å²) < 4.78 is 27.3. The molecule has 2 saturated heterocycles. The zero-order valence-corrected chi connectivity index (χ0v) is 23.7. The smallest absolute Gasteiger partial charge is 0.309 e. The first-order chi connectivity index (χ1) is 19.5. The van der Waals surface area contributed by atoms with Gasteiger partial charge >= 0.3 is 5.97 Å². The Morgan fingerprint density at radius 3 is 2.73 bits per heavy atom. The van der Waals surface area contributed by atoms with Crippen molar-refractivity contribution in [3.05, 3.63) is 57.9 Å². The van der Waals surface area contributed by atoms with E-state index in [1.165, 1.54) is 0 Å². The fourth-order valence-corrected chi connectivity index (χ4v) is 6.29. The molecule has 4 heterocycles. The normalized spacial score (nSPS) is 18.6. The van der Waals surface area contributed by atoms with Crippen molar-refractivity contribution < 1.29 is 23.8 Å². The van der Waals surface area contributed by atoms with Crippen LogP contribution in [0.3, 0.4) is 0 Å². The van der Waals surface area contributed by atoms with Crippen LogP contribution >= 0.6 is 11.3 Å². The first-order valence-corrected chi connectivity index (χ1v) is 14.7. The molecule has 0 amide bonds. The lowest BCUT2D eigenvalue weighted by Gasteiger charge is -2.38. The van der Waals surface area contributed by atoms with Crippen LogP contribution in [-0.4, -0.2) is 78.9 Å². The number of carbonyl (C=O) groups is 1. The van der Waals surface area contributed by atoms with E-state index in [0.717, 1.165) is 28.9 Å². The zero-order chi connectivity index (χ0) is 28.0. The van der Waals surface area contributed by atoms with E-state index in [4.69, 9.17) is 9.47 Å². The maximum absolute atomic E-state index is 16.3. The first-order valence-electron chi connectivity index (χ1n) is 13.9. The third-order valence-corrected chi connectivity index (χ3v) is 8.97. The summed E-state index contributed by atoms with van der Waals surface area (Å²) in [6.45, 7) is 5.33. The second-order valence-electron chi connectivity index (χ2n) is 10.6. The Morgan fingerprint density at radius 1 is 1.23 bits per heavy atom. The highest BCUT2D eigenvalue weighted by Gasteiger charge is 2.41. The van der Waals surface area contributed by atoms with Crippen molar-refractivity contribution in [2.75, 3.05) is 53.0 Å². The molecule has 0 radical (unpaired) electrons. The van der Waals surface area contributed by atoms with Gasteiger partial charge in [0.2, 0.25) is 0 Å². The number of rotatable bonds is 9. The minimum atomic E-state index is -1.32. The number of morpholine rings is 1. The molecule has 212 valence electrons. The highest BCUT2D eigenvalue weighted by molar-refractivity contribution is 7.10. The third-order valence-electron chi connectivity index (χ3n) is 8.19. The monoisotopic (exact) mass is 565 g/mol. The molecule has 0 bridgehead atoms. The molecule has 3 aromatic rings. The molecule has 0 unspecified atom stereocenters. The number of likely N-dealkylation sites (tertiary alicyclic amines) is 1. The van der Waals surface area contributed by atoms with Crippen molar-refractivity contribution in [1.82, 2.24) is 14.8 Å². The number of piperidine rings is 1. The van der Waals surface area contributed by atoms with Crippen LogP contribution in [0, 0.1) is 17.3 Å². The van der Waals surface area contributed by atoms with Gasteiger partial charge in [-0.3, -0.25) is 19.6 Å². The molecular formula is C31H36FN3O4S. The fourth-order valence-electron chi connectivity index (χ4n) is 5.70. The minimum Gasteiger partial charge on any atom is -0.497 e. The van der Waals surface area contributed by atoms with Crippen molar-refractivity contribution >= 4 is 28.2 Å². The molecule has 0 aliphatic carbocycles. The summed E-state index contributed by atoms with van der Waals surface area (Å²) >= 11 is 1.61. The van der Waals surface area contributed by atoms with Gasteiger partial charge in [0.25, 0.3) is 0 Å². The maximum atomic E-state index is 16.3. The summed E-state index contributed by atoms with van der Waals surface area (Å²) in [6.07, 6.45) is 1.84. The van der Waals surface area contributed by atoms with Crippen LogP contribution in [0.15, 0.2) is 41.9 Å². The number of carboxylic acids is 1. The number of fused-ring (bicyclic) bond motifs is 1. The SMILES string of the molecule is COc1ccc2ncc(CN3CCOCC3)c([C@H](F)CCC3(C(=O)O)CCN(CC#Cc4cccs4)CC3)c2c1. The molecule has 2 aliphatic heterocycles. The standard InChI is InChI=1S/C31H36FN3O4S/c1-38-24-6-7-28-26(20-24)29(23(21-33-28)22-35-15-17-39-18-16-35)27(32)8-9-31(30(36)37)10-13-34(14-11-31)12-2-4-25-5-3-19-40-25/h3,5-7,19-21,27H,8-18,22H2,1H3,(H,36,37)/t27-/m1/s1. The number of nitrogens with zero attached hydrogens (tertiary/aromatic N) is 3. The number of carboxylic acid groups (broad SMARTS) is 1. The maximum Gasteiger partial charge on any atom is 0.309 e. The summed E-state index contributed by atoms with van der Waals surface area (Å²) in [5, 5.41) is 13.0. The Labute approximate surface area is 238 Å². The first kappa shape index (κ1) is 28.5. The molecular weight excluding hydrogens is 529 g/mol. The number of halogens is 1. The number of ether oxygens (including phenoxy) is 2. The molecule has 2 fully saturated rings. The van der Waals surface area contributed by atoms with E-state index in [1.807, 2.05) is 35.7 Å². The van der Waals surface area contributed by atoms with Gasteiger partial charge in [0.15, 0.2) is 0 Å². The molecule has 1 aromatic carbocycles. The predicted molar refractivity (Wildman–Crippen MR) is 154 cm³/mol. The van der Waals surface area contributed by atoms with Crippen LogP contribution in [0.25, 0.3) is 10.9 Å². The lowest BCUT2D eigenvalue weighted by atomic mass is 9.74. The Balaban J connectivity index is 1.31. The molecule has 1 N–H and O–H groups in total. The summed E-state index contributed by atoms with van der Waals surface area (Å²) in [5.41, 5.74) is 1.19. The predicted octanol–water partition coefficient (Wildman–Crippen LogP) is 5.15. The lowest BCUT2D eigenvalue weighted by molar-refractivity contribution is -0.152. The van der Waals surface area contributed by atoms with E-state index in [0.29, 0.717) is 69.1 Å². The van der Waals surface area contributed by atoms with Crippen molar-refractivity contribution in [2.24, 2.45) is 5.41 Å². The number of pyridine rings is 1. The molecule has 40 heavy (non-hydrogen) atoms. The van der Waals surface area contributed by atoms with E-state index in [2.05, 4.69) is 26.6 Å². The summed E-state index contributed by atoms with van der Waals surface area (Å²) in [6, 6.07) is 9.48. The number of methoxy groups -OCH3 is 1. The van der Waals surface area contributed by atoms with Crippen molar-refractivity contribution in [2.45, 2.75) is 38.4 Å². The molecule has 9 heteroatoms. The van der Waals surface area contributed by atoms with Gasteiger partial charge in [-0.05, 0) is 60.9 Å². The number of thiophene rings is 1. The van der Waals surface area contributed by atoms with E-state index in [1.54, 1.807) is 24.6 Å². The van der Waals surface area contributed by atoms with Crippen LogP contribution < -0.4 is 4.74 Å². The molecule has 0 spiro atoms. The number of hydrogen-bond donors (Lipinski definition) is 1. The summed E-state index contributed by atoms with van der Waals surface area (Å²) in [7, 11) is 1.59. The van der Waals surface area contributed by atoms with E-state index in [9.17, 15) is 9.90 Å². The number of aromatic nitrogens is 1. The van der Waals surface area contributed by atoms with Crippen LogP contribution in [-0.2, 0) is 16.1 Å². The Hall–Kier alpha value is -3.03. The molecule has 0 saturated carbocycles. The third kappa shape index (κ3) is 6.64. The minimum absolute atomic E-state index is 0.136. The molecule has 2 aliphatic rings. The average molecular weight is 566 g/mol. The van der Waals surface area contributed by atoms with Crippen molar-refractivity contribution in [3.8, 4) is 17.6 Å². The van der Waals surface area contributed by atoms with Crippen LogP contribution in [0.4, 0.5) is 4.39 Å². The lowest BCUT2D eigenvalue weighted by Crippen LogP contribution is -2.44. The van der Waals surface area contributed by atoms with Gasteiger partial charge in [0.05, 0.1) is 42.7 Å². The Kier molecular flexibility index (Phi) is 9.33. The highest BCUT2D eigenvalue weighted by atomic mass is 32.1. The van der Waals surface area contributed by atoms with Gasteiger partial charge in [-0.25, -0.2) is 4.39 Å². The Morgan fingerprint density at radius 2 is 2.02 bits per heavy atom.